The molecule has 1 atom stereocenters. The zero-order valence-electron chi connectivity index (χ0n) is 13.2. The molecule has 12 heteroatoms. The van der Waals surface area contributed by atoms with Crippen molar-refractivity contribution < 1.29 is 44.8 Å². The average molecular weight is 375 g/mol. The largest absolute Gasteiger partial charge is 0.534 e. The van der Waals surface area contributed by atoms with Gasteiger partial charge in [0.05, 0.1) is 13.7 Å². The Hall–Kier alpha value is -1.98. The lowest BCUT2D eigenvalue weighted by Gasteiger charge is -2.27. The SMILES string of the molecule is COC(=O)[C@H]1C=C(OS(=O)(=O)C(F)(F)F)CN1C(=O)OC(C)(C)C. The molecule has 138 valence electrons. The third-order valence-electron chi connectivity index (χ3n) is 2.58. The van der Waals surface area contributed by atoms with Gasteiger partial charge in [0.25, 0.3) is 0 Å². The van der Waals surface area contributed by atoms with E-state index in [2.05, 4.69) is 8.92 Å². The summed E-state index contributed by atoms with van der Waals surface area (Å²) in [7, 11) is -4.93. The van der Waals surface area contributed by atoms with Crippen molar-refractivity contribution in [2.45, 2.75) is 37.9 Å². The predicted octanol–water partition coefficient (Wildman–Crippen LogP) is 1.53. The van der Waals surface area contributed by atoms with E-state index in [0.717, 1.165) is 13.2 Å². The van der Waals surface area contributed by atoms with Gasteiger partial charge in [-0.1, -0.05) is 0 Å². The molecule has 1 aliphatic rings. The van der Waals surface area contributed by atoms with Crippen LogP contribution in [0.3, 0.4) is 0 Å². The molecule has 1 amide bonds. The van der Waals surface area contributed by atoms with Crippen LogP contribution in [0.2, 0.25) is 0 Å². The summed E-state index contributed by atoms with van der Waals surface area (Å²) in [6.45, 7) is 3.90. The molecular weight excluding hydrogens is 359 g/mol. The maximum Gasteiger partial charge on any atom is 0.534 e. The number of carbonyl (C=O) groups excluding carboxylic acids is 2. The van der Waals surface area contributed by atoms with E-state index in [1.165, 1.54) is 20.8 Å². The van der Waals surface area contributed by atoms with Crippen LogP contribution < -0.4 is 0 Å². The van der Waals surface area contributed by atoms with Gasteiger partial charge >= 0.3 is 27.7 Å². The summed E-state index contributed by atoms with van der Waals surface area (Å²) in [4.78, 5) is 24.4. The maximum absolute atomic E-state index is 12.3. The van der Waals surface area contributed by atoms with Gasteiger partial charge in [0.1, 0.15) is 11.4 Å². The number of alkyl halides is 3. The van der Waals surface area contributed by atoms with E-state index in [1.807, 2.05) is 0 Å². The monoisotopic (exact) mass is 375 g/mol. The molecule has 1 heterocycles. The van der Waals surface area contributed by atoms with Crippen molar-refractivity contribution in [1.29, 1.82) is 0 Å². The highest BCUT2D eigenvalue weighted by molar-refractivity contribution is 7.87. The number of rotatable bonds is 3. The number of nitrogens with zero attached hydrogens (tertiary/aromatic N) is 1. The number of hydrogen-bond donors (Lipinski definition) is 0. The van der Waals surface area contributed by atoms with Gasteiger partial charge in [-0.3, -0.25) is 4.90 Å². The van der Waals surface area contributed by atoms with Gasteiger partial charge in [-0.25, -0.2) is 9.59 Å². The summed E-state index contributed by atoms with van der Waals surface area (Å²) < 4.78 is 72.5. The molecule has 0 bridgehead atoms. The first-order valence-electron chi connectivity index (χ1n) is 6.47. The second kappa shape index (κ2) is 6.49. The fourth-order valence-corrected chi connectivity index (χ4v) is 2.13. The van der Waals surface area contributed by atoms with Gasteiger partial charge in [-0.2, -0.15) is 21.6 Å². The molecule has 0 aromatic heterocycles. The van der Waals surface area contributed by atoms with Crippen LogP contribution in [0.1, 0.15) is 20.8 Å². The molecule has 0 aliphatic carbocycles. The molecule has 0 unspecified atom stereocenters. The Morgan fingerprint density at radius 2 is 1.79 bits per heavy atom. The van der Waals surface area contributed by atoms with Gasteiger partial charge in [0.15, 0.2) is 6.04 Å². The lowest BCUT2D eigenvalue weighted by molar-refractivity contribution is -0.144. The van der Waals surface area contributed by atoms with Crippen molar-refractivity contribution in [2.75, 3.05) is 13.7 Å². The molecule has 0 aromatic rings. The summed E-state index contributed by atoms with van der Waals surface area (Å²) in [6, 6.07) is -1.47. The van der Waals surface area contributed by atoms with E-state index in [9.17, 15) is 31.2 Å². The Labute approximate surface area is 136 Å². The molecule has 0 saturated heterocycles. The molecule has 0 spiro atoms. The zero-order valence-corrected chi connectivity index (χ0v) is 14.0. The molecule has 24 heavy (non-hydrogen) atoms. The van der Waals surface area contributed by atoms with Crippen LogP contribution in [0.25, 0.3) is 0 Å². The number of hydrogen-bond acceptors (Lipinski definition) is 7. The fraction of sp³-hybridized carbons (Fsp3) is 0.667. The van der Waals surface area contributed by atoms with Crippen molar-refractivity contribution in [2.24, 2.45) is 0 Å². The molecule has 0 fully saturated rings. The number of carbonyl (C=O) groups is 2. The Balaban J connectivity index is 3.04. The number of halogens is 3. The van der Waals surface area contributed by atoms with Crippen molar-refractivity contribution >= 4 is 22.2 Å². The lowest BCUT2D eigenvalue weighted by Crippen LogP contribution is -2.44. The molecule has 0 radical (unpaired) electrons. The van der Waals surface area contributed by atoms with E-state index in [1.54, 1.807) is 0 Å². The minimum atomic E-state index is -5.92. The van der Waals surface area contributed by atoms with Gasteiger partial charge in [0.2, 0.25) is 0 Å². The molecule has 1 rings (SSSR count). The average Bonchev–Trinajstić information content (AvgIpc) is 2.77. The second-order valence-electron chi connectivity index (χ2n) is 5.69. The summed E-state index contributed by atoms with van der Waals surface area (Å²) in [6.07, 6.45) is -0.295. The summed E-state index contributed by atoms with van der Waals surface area (Å²) in [5.74, 6) is -1.74. The van der Waals surface area contributed by atoms with E-state index in [4.69, 9.17) is 4.74 Å². The maximum atomic E-state index is 12.3. The highest BCUT2D eigenvalue weighted by atomic mass is 32.2. The number of methoxy groups -OCH3 is 1. The third kappa shape index (κ3) is 4.76. The zero-order chi connectivity index (χ0) is 18.9. The smallest absolute Gasteiger partial charge is 0.467 e. The third-order valence-corrected chi connectivity index (χ3v) is 3.58. The first kappa shape index (κ1) is 20.1. The molecular formula is C12H16F3NO7S. The molecule has 8 nitrogen and oxygen atoms in total. The van der Waals surface area contributed by atoms with Crippen LogP contribution in [0.5, 0.6) is 0 Å². The van der Waals surface area contributed by atoms with Crippen LogP contribution in [0, 0.1) is 0 Å². The first-order valence-corrected chi connectivity index (χ1v) is 7.87. The van der Waals surface area contributed by atoms with Crippen molar-refractivity contribution in [3.05, 3.63) is 11.8 Å². The highest BCUT2D eigenvalue weighted by Gasteiger charge is 2.50. The van der Waals surface area contributed by atoms with Gasteiger partial charge in [0, 0.05) is 0 Å². The highest BCUT2D eigenvalue weighted by Crippen LogP contribution is 2.29. The van der Waals surface area contributed by atoms with E-state index >= 15 is 0 Å². The lowest BCUT2D eigenvalue weighted by atomic mass is 10.2. The van der Waals surface area contributed by atoms with E-state index < -0.39 is 51.6 Å². The quantitative estimate of drug-likeness (QED) is 0.419. The van der Waals surface area contributed by atoms with Crippen LogP contribution in [0.4, 0.5) is 18.0 Å². The van der Waals surface area contributed by atoms with Crippen LogP contribution in [-0.2, 0) is 28.6 Å². The van der Waals surface area contributed by atoms with Crippen LogP contribution in [-0.4, -0.2) is 56.2 Å². The Morgan fingerprint density at radius 1 is 1.25 bits per heavy atom. The number of esters is 1. The molecule has 0 N–H and O–H groups in total. The minimum Gasteiger partial charge on any atom is -0.467 e. The normalized spacial score (nSPS) is 18.9. The Bertz CT molecular complexity index is 649. The molecule has 1 aliphatic heterocycles. The topological polar surface area (TPSA) is 99.2 Å². The van der Waals surface area contributed by atoms with Gasteiger partial charge < -0.3 is 13.7 Å². The number of ether oxygens (including phenoxy) is 2. The number of amides is 1. The van der Waals surface area contributed by atoms with Crippen molar-refractivity contribution in [1.82, 2.24) is 4.90 Å². The molecule has 0 saturated carbocycles. The van der Waals surface area contributed by atoms with Crippen molar-refractivity contribution in [3.63, 3.8) is 0 Å². The predicted molar refractivity (Wildman–Crippen MR) is 72.9 cm³/mol. The first-order chi connectivity index (χ1) is 10.7. The van der Waals surface area contributed by atoms with Crippen LogP contribution >= 0.6 is 0 Å². The van der Waals surface area contributed by atoms with Crippen molar-refractivity contribution in [3.8, 4) is 0 Å². The van der Waals surface area contributed by atoms with E-state index in [0.29, 0.717) is 4.90 Å². The van der Waals surface area contributed by atoms with E-state index in [-0.39, 0.29) is 0 Å². The second-order valence-corrected chi connectivity index (χ2v) is 7.23. The molecule has 0 aromatic carbocycles. The summed E-state index contributed by atoms with van der Waals surface area (Å²) >= 11 is 0. The fourth-order valence-electron chi connectivity index (χ4n) is 1.64. The Morgan fingerprint density at radius 3 is 2.21 bits per heavy atom. The summed E-state index contributed by atoms with van der Waals surface area (Å²) in [5.41, 5.74) is -6.59. The Kier molecular flexibility index (Phi) is 5.43. The standard InChI is InChI=1S/C12H16F3NO7S/c1-11(2,3)22-10(18)16-6-7(5-8(16)9(17)21-4)23-24(19,20)12(13,14)15/h5,8H,6H2,1-4H3/t8-/m1/s1. The minimum absolute atomic E-state index is 0.693. The van der Waals surface area contributed by atoms with Crippen LogP contribution in [0.15, 0.2) is 11.8 Å². The summed E-state index contributed by atoms with van der Waals surface area (Å²) in [5, 5.41) is 0. The van der Waals surface area contributed by atoms with Gasteiger partial charge in [-0.05, 0) is 26.8 Å². The van der Waals surface area contributed by atoms with Gasteiger partial charge in [-0.15, -0.1) is 0 Å².